The highest BCUT2D eigenvalue weighted by Gasteiger charge is 2.10. The highest BCUT2D eigenvalue weighted by molar-refractivity contribution is 5.24. The van der Waals surface area contributed by atoms with Gasteiger partial charge in [0.15, 0.2) is 11.6 Å². The molecule has 0 saturated heterocycles. The van der Waals surface area contributed by atoms with Gasteiger partial charge in [0.05, 0.1) is 0 Å². The lowest BCUT2D eigenvalue weighted by molar-refractivity contribution is 0.248. The van der Waals surface area contributed by atoms with E-state index >= 15 is 0 Å². The zero-order chi connectivity index (χ0) is 11.4. The van der Waals surface area contributed by atoms with E-state index in [0.29, 0.717) is 0 Å². The maximum atomic E-state index is 13.1. The molecule has 0 aliphatic carbocycles. The summed E-state index contributed by atoms with van der Waals surface area (Å²) in [5.74, 6) is -0.954. The van der Waals surface area contributed by atoms with Crippen LogP contribution in [0.3, 0.4) is 0 Å². The van der Waals surface area contributed by atoms with Crippen molar-refractivity contribution in [3.05, 3.63) is 29.8 Å². The van der Waals surface area contributed by atoms with Crippen LogP contribution in [0.5, 0.6) is 5.75 Å². The van der Waals surface area contributed by atoms with Crippen molar-refractivity contribution in [2.75, 3.05) is 6.61 Å². The van der Waals surface area contributed by atoms with Crippen LogP contribution in [0.1, 0.15) is 13.8 Å². The molecule has 4 heteroatoms. The fourth-order valence-electron chi connectivity index (χ4n) is 0.966. The third-order valence-corrected chi connectivity index (χ3v) is 2.18. The molecule has 0 saturated carbocycles. The Bertz CT molecular complexity index is 328. The summed E-state index contributed by atoms with van der Waals surface area (Å²) < 4.78 is 30.9. The lowest BCUT2D eigenvalue weighted by Crippen LogP contribution is -2.33. The Hall–Kier alpha value is -1.16. The minimum atomic E-state index is -0.577. The second-order valence-electron chi connectivity index (χ2n) is 3.79. The van der Waals surface area contributed by atoms with E-state index in [-0.39, 0.29) is 24.3 Å². The van der Waals surface area contributed by atoms with Gasteiger partial charge < -0.3 is 10.5 Å². The number of benzene rings is 1. The van der Waals surface area contributed by atoms with Crippen molar-refractivity contribution in [2.24, 2.45) is 11.7 Å². The van der Waals surface area contributed by atoms with Gasteiger partial charge in [-0.25, -0.2) is 8.78 Å². The van der Waals surface area contributed by atoms with Gasteiger partial charge in [-0.15, -0.1) is 0 Å². The van der Waals surface area contributed by atoms with Gasteiger partial charge in [-0.05, 0) is 18.1 Å². The summed E-state index contributed by atoms with van der Waals surface area (Å²) in [5.41, 5.74) is 5.71. The molecule has 15 heavy (non-hydrogen) atoms. The van der Waals surface area contributed by atoms with Crippen LogP contribution in [0.2, 0.25) is 0 Å². The maximum Gasteiger partial charge on any atom is 0.165 e. The molecule has 0 aliphatic heterocycles. The van der Waals surface area contributed by atoms with Crippen LogP contribution >= 0.6 is 0 Å². The minimum absolute atomic E-state index is 0.0916. The van der Waals surface area contributed by atoms with Crippen molar-refractivity contribution in [2.45, 2.75) is 19.9 Å². The zero-order valence-corrected chi connectivity index (χ0v) is 8.84. The summed E-state index contributed by atoms with van der Waals surface area (Å²) in [6.07, 6.45) is 0. The van der Waals surface area contributed by atoms with E-state index in [9.17, 15) is 8.78 Å². The molecule has 84 valence electrons. The second kappa shape index (κ2) is 5.07. The number of nitrogens with two attached hydrogens (primary N) is 1. The first-order valence-corrected chi connectivity index (χ1v) is 4.84. The third-order valence-electron chi connectivity index (χ3n) is 2.18. The highest BCUT2D eigenvalue weighted by Crippen LogP contribution is 2.18. The van der Waals surface area contributed by atoms with Crippen molar-refractivity contribution in [1.82, 2.24) is 0 Å². The molecule has 0 bridgehead atoms. The van der Waals surface area contributed by atoms with Gasteiger partial charge in [0.25, 0.3) is 0 Å². The van der Waals surface area contributed by atoms with Crippen LogP contribution in [0.25, 0.3) is 0 Å². The standard InChI is InChI=1S/C11H15F2NO/c1-7(2)10(14)6-15-11-5-8(12)3-4-9(11)13/h3-5,7,10H,6,14H2,1-2H3. The number of hydrogen-bond acceptors (Lipinski definition) is 2. The molecule has 2 N–H and O–H groups in total. The summed E-state index contributed by atoms with van der Waals surface area (Å²) in [7, 11) is 0. The van der Waals surface area contributed by atoms with Gasteiger partial charge in [-0.2, -0.15) is 0 Å². The topological polar surface area (TPSA) is 35.2 Å². The van der Waals surface area contributed by atoms with Crippen LogP contribution in [0.15, 0.2) is 18.2 Å². The summed E-state index contributed by atoms with van der Waals surface area (Å²) in [4.78, 5) is 0. The molecule has 0 heterocycles. The number of ether oxygens (including phenoxy) is 1. The number of rotatable bonds is 4. The molecule has 0 amide bonds. The van der Waals surface area contributed by atoms with Crippen LogP contribution in [-0.4, -0.2) is 12.6 Å². The molecule has 0 aromatic heterocycles. The Kier molecular flexibility index (Phi) is 4.03. The van der Waals surface area contributed by atoms with E-state index in [1.807, 2.05) is 13.8 Å². The Morgan fingerprint density at radius 2 is 2.00 bits per heavy atom. The van der Waals surface area contributed by atoms with Crippen LogP contribution in [0.4, 0.5) is 8.78 Å². The highest BCUT2D eigenvalue weighted by atomic mass is 19.1. The predicted octanol–water partition coefficient (Wildman–Crippen LogP) is 2.33. The fraction of sp³-hybridized carbons (Fsp3) is 0.455. The van der Waals surface area contributed by atoms with E-state index in [2.05, 4.69) is 0 Å². The van der Waals surface area contributed by atoms with Crippen LogP contribution in [0, 0.1) is 17.6 Å². The molecular weight excluding hydrogens is 200 g/mol. The molecule has 0 fully saturated rings. The summed E-state index contributed by atoms with van der Waals surface area (Å²) >= 11 is 0. The Morgan fingerprint density at radius 1 is 1.33 bits per heavy atom. The first-order valence-electron chi connectivity index (χ1n) is 4.84. The van der Waals surface area contributed by atoms with Crippen molar-refractivity contribution in [3.8, 4) is 5.75 Å². The second-order valence-corrected chi connectivity index (χ2v) is 3.79. The maximum absolute atomic E-state index is 13.1. The van der Waals surface area contributed by atoms with Gasteiger partial charge in [-0.1, -0.05) is 13.8 Å². The van der Waals surface area contributed by atoms with Crippen molar-refractivity contribution >= 4 is 0 Å². The Balaban J connectivity index is 2.61. The molecular formula is C11H15F2NO. The quantitative estimate of drug-likeness (QED) is 0.836. The fourth-order valence-corrected chi connectivity index (χ4v) is 0.966. The normalized spacial score (nSPS) is 12.9. The first kappa shape index (κ1) is 11.9. The number of halogens is 2. The molecule has 0 spiro atoms. The summed E-state index contributed by atoms with van der Waals surface area (Å²) in [6.45, 7) is 4.06. The predicted molar refractivity (Wildman–Crippen MR) is 54.7 cm³/mol. The van der Waals surface area contributed by atoms with E-state index in [0.717, 1.165) is 18.2 Å². The van der Waals surface area contributed by atoms with Gasteiger partial charge in [-0.3, -0.25) is 0 Å². The monoisotopic (exact) mass is 215 g/mol. The molecule has 0 radical (unpaired) electrons. The van der Waals surface area contributed by atoms with E-state index in [4.69, 9.17) is 10.5 Å². The van der Waals surface area contributed by atoms with Crippen molar-refractivity contribution in [1.29, 1.82) is 0 Å². The van der Waals surface area contributed by atoms with Crippen molar-refractivity contribution < 1.29 is 13.5 Å². The minimum Gasteiger partial charge on any atom is -0.489 e. The smallest absolute Gasteiger partial charge is 0.165 e. The van der Waals surface area contributed by atoms with Gasteiger partial charge in [0.2, 0.25) is 0 Å². The van der Waals surface area contributed by atoms with E-state index in [1.54, 1.807) is 0 Å². The molecule has 1 rings (SSSR count). The average molecular weight is 215 g/mol. The lowest BCUT2D eigenvalue weighted by atomic mass is 10.1. The molecule has 1 aromatic carbocycles. The lowest BCUT2D eigenvalue weighted by Gasteiger charge is -2.16. The Labute approximate surface area is 88.0 Å². The molecule has 2 nitrogen and oxygen atoms in total. The van der Waals surface area contributed by atoms with Gasteiger partial charge in [0.1, 0.15) is 12.4 Å². The molecule has 1 atom stereocenters. The molecule has 1 aromatic rings. The van der Waals surface area contributed by atoms with Crippen molar-refractivity contribution in [3.63, 3.8) is 0 Å². The first-order chi connectivity index (χ1) is 7.00. The van der Waals surface area contributed by atoms with Gasteiger partial charge in [0, 0.05) is 12.1 Å². The van der Waals surface area contributed by atoms with Crippen LogP contribution < -0.4 is 10.5 Å². The third kappa shape index (κ3) is 3.47. The summed E-state index contributed by atoms with van der Waals surface area (Å²) in [5, 5.41) is 0. The summed E-state index contributed by atoms with van der Waals surface area (Å²) in [6, 6.07) is 2.91. The zero-order valence-electron chi connectivity index (χ0n) is 8.84. The SMILES string of the molecule is CC(C)C(N)COc1cc(F)ccc1F. The molecule has 0 aliphatic rings. The average Bonchev–Trinajstić information content (AvgIpc) is 2.18. The Morgan fingerprint density at radius 3 is 2.60 bits per heavy atom. The molecule has 1 unspecified atom stereocenters. The van der Waals surface area contributed by atoms with Gasteiger partial charge >= 0.3 is 0 Å². The van der Waals surface area contributed by atoms with E-state index < -0.39 is 11.6 Å². The number of hydrogen-bond donors (Lipinski definition) is 1. The van der Waals surface area contributed by atoms with Crippen LogP contribution in [-0.2, 0) is 0 Å². The van der Waals surface area contributed by atoms with E-state index in [1.165, 1.54) is 0 Å². The largest absolute Gasteiger partial charge is 0.489 e.